The molecule has 4 nitrogen and oxygen atoms in total. The van der Waals surface area contributed by atoms with E-state index in [2.05, 4.69) is 49.0 Å². The number of halogens is 3. The molecule has 0 fully saturated rings. The van der Waals surface area contributed by atoms with Crippen LogP contribution in [0.25, 0.3) is 0 Å². The fourth-order valence-electron chi connectivity index (χ4n) is 1.96. The lowest BCUT2D eigenvalue weighted by atomic mass is 10.0. The minimum atomic E-state index is -0.257. The largest absolute Gasteiger partial charge is 0.271 e. The van der Waals surface area contributed by atoms with E-state index in [4.69, 9.17) is 5.84 Å². The second-order valence-corrected chi connectivity index (χ2v) is 5.98. The molecule has 0 radical (unpaired) electrons. The lowest BCUT2D eigenvalue weighted by Gasteiger charge is -2.19. The second-order valence-electron chi connectivity index (χ2n) is 3.96. The van der Waals surface area contributed by atoms with Gasteiger partial charge in [-0.3, -0.25) is 10.5 Å². The first kappa shape index (κ1) is 14.9. The van der Waals surface area contributed by atoms with Crippen LogP contribution in [-0.4, -0.2) is 9.78 Å². The molecule has 1 aromatic carbocycles. The summed E-state index contributed by atoms with van der Waals surface area (Å²) in [5.74, 6) is 5.43. The van der Waals surface area contributed by atoms with Crippen molar-refractivity contribution in [3.8, 4) is 0 Å². The Kier molecular flexibility index (Phi) is 4.93. The first-order chi connectivity index (χ1) is 9.08. The van der Waals surface area contributed by atoms with Crippen molar-refractivity contribution in [2.45, 2.75) is 19.5 Å². The van der Waals surface area contributed by atoms with Crippen molar-refractivity contribution in [2.24, 2.45) is 5.84 Å². The van der Waals surface area contributed by atoms with Crippen LogP contribution < -0.4 is 11.3 Å². The quantitative estimate of drug-likeness (QED) is 0.438. The molecule has 1 aromatic heterocycles. The number of nitrogens with one attached hydrogen (secondary N) is 1. The number of nitrogens with zero attached hydrogens (tertiary/aromatic N) is 2. The van der Waals surface area contributed by atoms with E-state index in [1.165, 1.54) is 12.1 Å². The van der Waals surface area contributed by atoms with Crippen molar-refractivity contribution in [3.05, 3.63) is 49.5 Å². The van der Waals surface area contributed by atoms with E-state index in [1.54, 1.807) is 12.3 Å². The van der Waals surface area contributed by atoms with Crippen LogP contribution >= 0.6 is 38.5 Å². The molecule has 0 aliphatic carbocycles. The standard InChI is InChI=1S/C12H13BrFIN4/c1-2-19-12(9(13)6-17-19)11(18-16)8-4-3-7(14)5-10(8)15/h3-6,11,18H,2,16H2,1H3. The molecule has 1 atom stereocenters. The third-order valence-electron chi connectivity index (χ3n) is 2.85. The summed E-state index contributed by atoms with van der Waals surface area (Å²) in [6, 6.07) is 4.41. The van der Waals surface area contributed by atoms with Crippen molar-refractivity contribution in [3.63, 3.8) is 0 Å². The number of aromatic nitrogens is 2. The molecule has 19 heavy (non-hydrogen) atoms. The van der Waals surface area contributed by atoms with Gasteiger partial charge in [-0.1, -0.05) is 6.07 Å². The van der Waals surface area contributed by atoms with Crippen LogP contribution in [0.2, 0.25) is 0 Å². The Morgan fingerprint density at radius 2 is 2.32 bits per heavy atom. The Bertz CT molecular complexity index is 587. The molecule has 3 N–H and O–H groups in total. The van der Waals surface area contributed by atoms with Gasteiger partial charge in [-0.25, -0.2) is 9.82 Å². The van der Waals surface area contributed by atoms with Gasteiger partial charge in [-0.15, -0.1) is 0 Å². The van der Waals surface area contributed by atoms with E-state index in [0.29, 0.717) is 0 Å². The number of hydrazine groups is 1. The number of hydrogen-bond donors (Lipinski definition) is 2. The van der Waals surface area contributed by atoms with Gasteiger partial charge in [-0.05, 0) is 63.1 Å². The molecule has 0 saturated carbocycles. The Hall–Kier alpha value is -0.510. The molecule has 7 heteroatoms. The molecule has 2 aromatic rings. The van der Waals surface area contributed by atoms with Crippen molar-refractivity contribution in [2.75, 3.05) is 0 Å². The van der Waals surface area contributed by atoms with Crippen LogP contribution in [-0.2, 0) is 6.54 Å². The molecule has 0 aliphatic heterocycles. The molecule has 0 bridgehead atoms. The average molecular weight is 439 g/mol. The average Bonchev–Trinajstić information content (AvgIpc) is 2.74. The summed E-state index contributed by atoms with van der Waals surface area (Å²) < 4.78 is 16.7. The molecule has 0 aliphatic rings. The predicted octanol–water partition coefficient (Wildman–Crippen LogP) is 2.96. The van der Waals surface area contributed by atoms with E-state index in [0.717, 1.165) is 25.8 Å². The van der Waals surface area contributed by atoms with Crippen molar-refractivity contribution < 1.29 is 4.39 Å². The third-order valence-corrected chi connectivity index (χ3v) is 4.39. The second kappa shape index (κ2) is 6.29. The van der Waals surface area contributed by atoms with Crippen LogP contribution in [0.5, 0.6) is 0 Å². The highest BCUT2D eigenvalue weighted by molar-refractivity contribution is 14.1. The molecule has 1 unspecified atom stereocenters. The summed E-state index contributed by atoms with van der Waals surface area (Å²) in [6.45, 7) is 2.74. The van der Waals surface area contributed by atoms with Crippen LogP contribution in [0.4, 0.5) is 4.39 Å². The van der Waals surface area contributed by atoms with Gasteiger partial charge in [-0.2, -0.15) is 5.10 Å². The van der Waals surface area contributed by atoms with Crippen molar-refractivity contribution >= 4 is 38.5 Å². The molecule has 0 amide bonds. The minimum Gasteiger partial charge on any atom is -0.271 e. The van der Waals surface area contributed by atoms with Gasteiger partial charge >= 0.3 is 0 Å². The third kappa shape index (κ3) is 2.99. The zero-order valence-electron chi connectivity index (χ0n) is 10.2. The summed E-state index contributed by atoms with van der Waals surface area (Å²) in [4.78, 5) is 0. The molecule has 0 spiro atoms. The van der Waals surface area contributed by atoms with Gasteiger partial charge in [0.15, 0.2) is 0 Å². The maximum Gasteiger partial charge on any atom is 0.124 e. The van der Waals surface area contributed by atoms with Gasteiger partial charge in [0.25, 0.3) is 0 Å². The molecule has 2 rings (SSSR count). The topological polar surface area (TPSA) is 55.9 Å². The molecule has 0 saturated heterocycles. The Balaban J connectivity index is 2.52. The number of hydrogen-bond acceptors (Lipinski definition) is 3. The first-order valence-electron chi connectivity index (χ1n) is 5.70. The SMILES string of the molecule is CCn1ncc(Br)c1C(NN)c1ccc(F)cc1I. The van der Waals surface area contributed by atoms with Gasteiger partial charge in [0.05, 0.1) is 22.4 Å². The zero-order chi connectivity index (χ0) is 14.0. The molecule has 102 valence electrons. The normalized spacial score (nSPS) is 12.7. The highest BCUT2D eigenvalue weighted by Gasteiger charge is 2.22. The molecule has 1 heterocycles. The van der Waals surface area contributed by atoms with Crippen LogP contribution in [0.1, 0.15) is 24.2 Å². The smallest absolute Gasteiger partial charge is 0.124 e. The van der Waals surface area contributed by atoms with Crippen molar-refractivity contribution in [1.82, 2.24) is 15.2 Å². The highest BCUT2D eigenvalue weighted by atomic mass is 127. The number of aryl methyl sites for hydroxylation is 1. The number of nitrogens with two attached hydrogens (primary N) is 1. The summed E-state index contributed by atoms with van der Waals surface area (Å²) in [7, 11) is 0. The fraction of sp³-hybridized carbons (Fsp3) is 0.250. The van der Waals surface area contributed by atoms with E-state index in [1.807, 2.05) is 11.6 Å². The van der Waals surface area contributed by atoms with Crippen LogP contribution in [0.15, 0.2) is 28.9 Å². The van der Waals surface area contributed by atoms with Gasteiger partial charge in [0.2, 0.25) is 0 Å². The summed E-state index contributed by atoms with van der Waals surface area (Å²) in [5, 5.41) is 4.27. The first-order valence-corrected chi connectivity index (χ1v) is 7.58. The molecular weight excluding hydrogens is 426 g/mol. The summed E-state index contributed by atoms with van der Waals surface area (Å²) in [6.07, 6.45) is 1.74. The number of rotatable bonds is 4. The van der Waals surface area contributed by atoms with E-state index < -0.39 is 0 Å². The van der Waals surface area contributed by atoms with Gasteiger partial charge in [0, 0.05) is 10.1 Å². The minimum absolute atomic E-state index is 0.246. The van der Waals surface area contributed by atoms with Crippen LogP contribution in [0, 0.1) is 9.39 Å². The lowest BCUT2D eigenvalue weighted by Crippen LogP contribution is -2.31. The van der Waals surface area contributed by atoms with Gasteiger partial charge in [0.1, 0.15) is 5.82 Å². The predicted molar refractivity (Wildman–Crippen MR) is 83.9 cm³/mol. The Morgan fingerprint density at radius 1 is 1.58 bits per heavy atom. The lowest BCUT2D eigenvalue weighted by molar-refractivity contribution is 0.539. The van der Waals surface area contributed by atoms with E-state index >= 15 is 0 Å². The van der Waals surface area contributed by atoms with E-state index in [9.17, 15) is 4.39 Å². The summed E-state index contributed by atoms with van der Waals surface area (Å²) in [5.41, 5.74) is 4.62. The number of benzene rings is 1. The maximum absolute atomic E-state index is 13.2. The maximum atomic E-state index is 13.2. The summed E-state index contributed by atoms with van der Waals surface area (Å²) >= 11 is 5.58. The van der Waals surface area contributed by atoms with Crippen LogP contribution in [0.3, 0.4) is 0 Å². The Labute approximate surface area is 132 Å². The fourth-order valence-corrected chi connectivity index (χ4v) is 3.28. The zero-order valence-corrected chi connectivity index (χ0v) is 13.9. The van der Waals surface area contributed by atoms with Crippen molar-refractivity contribution in [1.29, 1.82) is 0 Å². The van der Waals surface area contributed by atoms with E-state index in [-0.39, 0.29) is 11.9 Å². The highest BCUT2D eigenvalue weighted by Crippen LogP contribution is 2.30. The molecular formula is C12H13BrFIN4. The Morgan fingerprint density at radius 3 is 2.89 bits per heavy atom. The van der Waals surface area contributed by atoms with Gasteiger partial charge < -0.3 is 0 Å². The monoisotopic (exact) mass is 438 g/mol.